The molecule has 0 fully saturated rings. The van der Waals surface area contributed by atoms with E-state index in [1.165, 1.54) is 22.7 Å². The first kappa shape index (κ1) is 10.7. The molecule has 0 aromatic carbocycles. The molecule has 0 unspecified atom stereocenters. The highest BCUT2D eigenvalue weighted by molar-refractivity contribution is 7.24. The van der Waals surface area contributed by atoms with Crippen molar-refractivity contribution in [1.29, 1.82) is 0 Å². The van der Waals surface area contributed by atoms with Crippen LogP contribution in [0.5, 0.6) is 0 Å². The Hall–Kier alpha value is -0.780. The van der Waals surface area contributed by atoms with Gasteiger partial charge in [-0.2, -0.15) is 0 Å². The first-order valence-corrected chi connectivity index (χ1v) is 6.19. The molecule has 0 bridgehead atoms. The molecule has 0 atom stereocenters. The Morgan fingerprint density at radius 1 is 1.40 bits per heavy atom. The van der Waals surface area contributed by atoms with Crippen LogP contribution in [0.3, 0.4) is 0 Å². The number of aromatic nitrogens is 2. The predicted octanol–water partition coefficient (Wildman–Crippen LogP) is 3.43. The van der Waals surface area contributed by atoms with Gasteiger partial charge in [0.15, 0.2) is 15.8 Å². The van der Waals surface area contributed by atoms with Gasteiger partial charge in [-0.3, -0.25) is 4.79 Å². The molecule has 2 rings (SSSR count). The van der Waals surface area contributed by atoms with Gasteiger partial charge in [-0.25, -0.2) is 9.97 Å². The number of carbonyl (C=O) groups excluding carboxylic acids is 1. The lowest BCUT2D eigenvalue weighted by Crippen LogP contribution is -1.89. The van der Waals surface area contributed by atoms with Gasteiger partial charge in [0, 0.05) is 6.92 Å². The lowest BCUT2D eigenvalue weighted by atomic mass is 10.3. The van der Waals surface area contributed by atoms with Gasteiger partial charge in [-0.1, -0.05) is 22.9 Å². The maximum atomic E-state index is 11.2. The van der Waals surface area contributed by atoms with Crippen molar-refractivity contribution in [2.24, 2.45) is 0 Å². The summed E-state index contributed by atoms with van der Waals surface area (Å²) in [6.07, 6.45) is 1.59. The fourth-order valence-electron chi connectivity index (χ4n) is 1.17. The third-order valence-corrected chi connectivity index (χ3v) is 4.29. The van der Waals surface area contributed by atoms with Crippen molar-refractivity contribution in [3.8, 4) is 10.0 Å². The Kier molecular flexibility index (Phi) is 2.86. The molecule has 0 aliphatic rings. The standard InChI is InChI=1S/C9H7ClN2OS2/c1-4-7(5(2)13)15-9(12-4)8-11-3-6(10)14-8/h3H,1-2H3. The first-order chi connectivity index (χ1) is 7.08. The SMILES string of the molecule is CC(=O)c1sc(-c2ncc(Cl)s2)nc1C. The van der Waals surface area contributed by atoms with Crippen LogP contribution in [0.1, 0.15) is 22.3 Å². The van der Waals surface area contributed by atoms with E-state index < -0.39 is 0 Å². The van der Waals surface area contributed by atoms with Gasteiger partial charge >= 0.3 is 0 Å². The number of halogens is 1. The maximum Gasteiger partial charge on any atom is 0.171 e. The van der Waals surface area contributed by atoms with E-state index in [0.717, 1.165) is 15.7 Å². The van der Waals surface area contributed by atoms with Crippen LogP contribution in [0.4, 0.5) is 0 Å². The molecule has 2 aromatic heterocycles. The minimum Gasteiger partial charge on any atom is -0.294 e. The van der Waals surface area contributed by atoms with Crippen molar-refractivity contribution in [3.63, 3.8) is 0 Å². The highest BCUT2D eigenvalue weighted by Crippen LogP contribution is 2.32. The second-order valence-corrected chi connectivity index (χ2v) is 5.62. The van der Waals surface area contributed by atoms with E-state index in [1.54, 1.807) is 13.1 Å². The quantitative estimate of drug-likeness (QED) is 0.775. The van der Waals surface area contributed by atoms with E-state index in [1.807, 2.05) is 6.92 Å². The van der Waals surface area contributed by atoms with E-state index >= 15 is 0 Å². The van der Waals surface area contributed by atoms with Gasteiger partial charge in [0.05, 0.1) is 16.8 Å². The molecule has 2 heterocycles. The predicted molar refractivity (Wildman–Crippen MR) is 63.0 cm³/mol. The van der Waals surface area contributed by atoms with Crippen molar-refractivity contribution in [1.82, 2.24) is 9.97 Å². The zero-order chi connectivity index (χ0) is 11.0. The van der Waals surface area contributed by atoms with Crippen LogP contribution >= 0.6 is 34.3 Å². The molecule has 6 heteroatoms. The van der Waals surface area contributed by atoms with Gasteiger partial charge in [0.25, 0.3) is 0 Å². The van der Waals surface area contributed by atoms with E-state index in [0.29, 0.717) is 9.21 Å². The lowest BCUT2D eigenvalue weighted by molar-refractivity contribution is 0.102. The first-order valence-electron chi connectivity index (χ1n) is 4.18. The molecule has 0 aliphatic carbocycles. The third-order valence-electron chi connectivity index (χ3n) is 1.78. The Morgan fingerprint density at radius 2 is 2.13 bits per heavy atom. The Labute approximate surface area is 99.8 Å². The number of rotatable bonds is 2. The number of ketones is 1. The summed E-state index contributed by atoms with van der Waals surface area (Å²) in [5, 5.41) is 1.52. The molecule has 0 radical (unpaired) electrons. The fourth-order valence-corrected chi connectivity index (χ4v) is 3.07. The van der Waals surface area contributed by atoms with Crippen LogP contribution in [0.15, 0.2) is 6.20 Å². The Bertz CT molecular complexity index is 518. The zero-order valence-corrected chi connectivity index (χ0v) is 10.5. The molecule has 0 aliphatic heterocycles. The lowest BCUT2D eigenvalue weighted by Gasteiger charge is -1.85. The number of hydrogen-bond donors (Lipinski definition) is 0. The smallest absolute Gasteiger partial charge is 0.171 e. The molecular formula is C9H7ClN2OS2. The minimum absolute atomic E-state index is 0.0407. The van der Waals surface area contributed by atoms with Crippen LogP contribution in [0.25, 0.3) is 10.0 Å². The number of hydrogen-bond acceptors (Lipinski definition) is 5. The zero-order valence-electron chi connectivity index (χ0n) is 8.07. The summed E-state index contributed by atoms with van der Waals surface area (Å²) in [5.74, 6) is 0.0407. The summed E-state index contributed by atoms with van der Waals surface area (Å²) in [6.45, 7) is 3.37. The van der Waals surface area contributed by atoms with E-state index in [-0.39, 0.29) is 5.78 Å². The molecule has 78 valence electrons. The van der Waals surface area contributed by atoms with Crippen LogP contribution < -0.4 is 0 Å². The number of aryl methyl sites for hydroxylation is 1. The Balaban J connectivity index is 2.46. The number of carbonyl (C=O) groups is 1. The maximum absolute atomic E-state index is 11.2. The molecule has 0 N–H and O–H groups in total. The summed E-state index contributed by atoms with van der Waals surface area (Å²) in [6, 6.07) is 0. The fraction of sp³-hybridized carbons (Fsp3) is 0.222. The average Bonchev–Trinajstić information content (AvgIpc) is 2.71. The van der Waals surface area contributed by atoms with Crippen LogP contribution in [0.2, 0.25) is 4.34 Å². The molecule has 0 saturated heterocycles. The number of nitrogens with zero attached hydrogens (tertiary/aromatic N) is 2. The Morgan fingerprint density at radius 3 is 2.60 bits per heavy atom. The normalized spacial score (nSPS) is 10.6. The summed E-state index contributed by atoms with van der Waals surface area (Å²) in [7, 11) is 0. The van der Waals surface area contributed by atoms with E-state index in [2.05, 4.69) is 9.97 Å². The molecular weight excluding hydrogens is 252 g/mol. The van der Waals surface area contributed by atoms with Crippen LogP contribution in [0, 0.1) is 6.92 Å². The van der Waals surface area contributed by atoms with Crippen molar-refractivity contribution >= 4 is 40.1 Å². The van der Waals surface area contributed by atoms with Crippen LogP contribution in [-0.4, -0.2) is 15.8 Å². The molecule has 0 spiro atoms. The van der Waals surface area contributed by atoms with Crippen molar-refractivity contribution < 1.29 is 4.79 Å². The molecule has 3 nitrogen and oxygen atoms in total. The van der Waals surface area contributed by atoms with Crippen LogP contribution in [-0.2, 0) is 0 Å². The average molecular weight is 259 g/mol. The van der Waals surface area contributed by atoms with Gasteiger partial charge in [-0.15, -0.1) is 11.3 Å². The molecule has 2 aromatic rings. The second-order valence-electron chi connectivity index (χ2n) is 2.96. The minimum atomic E-state index is 0.0407. The molecule has 0 saturated carbocycles. The third kappa shape index (κ3) is 2.09. The van der Waals surface area contributed by atoms with Crippen molar-refractivity contribution in [3.05, 3.63) is 21.1 Å². The summed E-state index contributed by atoms with van der Waals surface area (Å²) >= 11 is 8.51. The van der Waals surface area contributed by atoms with Gasteiger partial charge in [0.1, 0.15) is 4.34 Å². The topological polar surface area (TPSA) is 42.9 Å². The summed E-state index contributed by atoms with van der Waals surface area (Å²) < 4.78 is 0.627. The van der Waals surface area contributed by atoms with Gasteiger partial charge in [0.2, 0.25) is 0 Å². The van der Waals surface area contributed by atoms with Crippen molar-refractivity contribution in [2.45, 2.75) is 13.8 Å². The summed E-state index contributed by atoms with van der Waals surface area (Å²) in [5.41, 5.74) is 0.758. The monoisotopic (exact) mass is 258 g/mol. The summed E-state index contributed by atoms with van der Waals surface area (Å²) in [4.78, 5) is 20.4. The number of thiazole rings is 2. The van der Waals surface area contributed by atoms with Crippen molar-refractivity contribution in [2.75, 3.05) is 0 Å². The molecule has 15 heavy (non-hydrogen) atoms. The largest absolute Gasteiger partial charge is 0.294 e. The molecule has 0 amide bonds. The van der Waals surface area contributed by atoms with Gasteiger partial charge < -0.3 is 0 Å². The highest BCUT2D eigenvalue weighted by atomic mass is 35.5. The van der Waals surface area contributed by atoms with E-state index in [9.17, 15) is 4.79 Å². The van der Waals surface area contributed by atoms with Gasteiger partial charge in [-0.05, 0) is 6.92 Å². The number of Topliss-reactive ketones (excluding diaryl/α,β-unsaturated/α-hetero) is 1. The second kappa shape index (κ2) is 4.00. The highest BCUT2D eigenvalue weighted by Gasteiger charge is 2.14. The van der Waals surface area contributed by atoms with E-state index in [4.69, 9.17) is 11.6 Å².